The highest BCUT2D eigenvalue weighted by molar-refractivity contribution is 5.77. The maximum absolute atomic E-state index is 12.9. The zero-order valence-electron chi connectivity index (χ0n) is 16.1. The lowest BCUT2D eigenvalue weighted by molar-refractivity contribution is -0.135. The molecule has 0 radical (unpaired) electrons. The van der Waals surface area contributed by atoms with Crippen LogP contribution in [0.4, 0.5) is 0 Å². The standard InChI is InChI=1S/C22H27N3O2/c1-4-7-20-19(5-2)23-21(15-18-9-6-8-17(3)14-18)25(20)16-22(26)24-10-12-27-13-11-24/h4-9,14H,2,10-13,15-16H2,1,3H3/b7-4-. The van der Waals surface area contributed by atoms with Gasteiger partial charge in [-0.3, -0.25) is 4.79 Å². The predicted octanol–water partition coefficient (Wildman–Crippen LogP) is 3.32. The van der Waals surface area contributed by atoms with E-state index < -0.39 is 0 Å². The molecular weight excluding hydrogens is 338 g/mol. The number of benzene rings is 1. The van der Waals surface area contributed by atoms with Crippen LogP contribution in [0.15, 0.2) is 36.9 Å². The van der Waals surface area contributed by atoms with E-state index in [2.05, 4.69) is 37.8 Å². The summed E-state index contributed by atoms with van der Waals surface area (Å²) in [5, 5.41) is 0. The molecule has 142 valence electrons. The Hall–Kier alpha value is -2.66. The molecule has 5 nitrogen and oxygen atoms in total. The number of hydrogen-bond acceptors (Lipinski definition) is 3. The number of carbonyl (C=O) groups is 1. The zero-order chi connectivity index (χ0) is 19.2. The van der Waals surface area contributed by atoms with Crippen molar-refractivity contribution in [3.63, 3.8) is 0 Å². The lowest BCUT2D eigenvalue weighted by Crippen LogP contribution is -2.42. The Morgan fingerprint density at radius 1 is 1.33 bits per heavy atom. The molecule has 0 aliphatic carbocycles. The van der Waals surface area contributed by atoms with Gasteiger partial charge in [0.1, 0.15) is 12.4 Å². The average Bonchev–Trinajstić information content (AvgIpc) is 2.99. The van der Waals surface area contributed by atoms with Crippen LogP contribution >= 0.6 is 0 Å². The number of imidazole rings is 1. The zero-order valence-corrected chi connectivity index (χ0v) is 16.1. The minimum absolute atomic E-state index is 0.0996. The normalized spacial score (nSPS) is 14.7. The number of aryl methyl sites for hydroxylation is 1. The van der Waals surface area contributed by atoms with Gasteiger partial charge in [-0.15, -0.1) is 0 Å². The molecule has 3 rings (SSSR count). The van der Waals surface area contributed by atoms with Crippen LogP contribution in [0, 0.1) is 6.92 Å². The molecule has 2 heterocycles. The molecule has 1 fully saturated rings. The second kappa shape index (κ2) is 8.82. The monoisotopic (exact) mass is 365 g/mol. The summed E-state index contributed by atoms with van der Waals surface area (Å²) in [4.78, 5) is 19.5. The van der Waals surface area contributed by atoms with Crippen molar-refractivity contribution >= 4 is 18.1 Å². The van der Waals surface area contributed by atoms with Crippen molar-refractivity contribution in [2.45, 2.75) is 26.8 Å². The second-order valence-electron chi connectivity index (χ2n) is 6.75. The maximum atomic E-state index is 12.9. The van der Waals surface area contributed by atoms with E-state index in [1.165, 1.54) is 11.1 Å². The fourth-order valence-electron chi connectivity index (χ4n) is 3.38. The van der Waals surface area contributed by atoms with Crippen molar-refractivity contribution in [2.24, 2.45) is 0 Å². The molecule has 1 aliphatic heterocycles. The molecule has 1 aromatic carbocycles. The molecule has 2 aromatic rings. The first-order valence-corrected chi connectivity index (χ1v) is 9.38. The molecule has 0 N–H and O–H groups in total. The third-order valence-electron chi connectivity index (χ3n) is 4.73. The quantitative estimate of drug-likeness (QED) is 0.789. The number of nitrogens with zero attached hydrogens (tertiary/aromatic N) is 3. The average molecular weight is 365 g/mol. The van der Waals surface area contributed by atoms with Crippen LogP contribution in [0.5, 0.6) is 0 Å². The van der Waals surface area contributed by atoms with Gasteiger partial charge in [-0.1, -0.05) is 42.5 Å². The maximum Gasteiger partial charge on any atom is 0.242 e. The topological polar surface area (TPSA) is 47.4 Å². The van der Waals surface area contributed by atoms with Gasteiger partial charge in [0.2, 0.25) is 5.91 Å². The number of carbonyl (C=O) groups excluding carboxylic acids is 1. The molecular formula is C22H27N3O2. The van der Waals surface area contributed by atoms with Crippen LogP contribution < -0.4 is 0 Å². The first kappa shape index (κ1) is 19.1. The van der Waals surface area contributed by atoms with E-state index in [-0.39, 0.29) is 12.5 Å². The van der Waals surface area contributed by atoms with Crippen LogP contribution in [0.1, 0.15) is 35.3 Å². The van der Waals surface area contributed by atoms with Gasteiger partial charge in [-0.2, -0.15) is 0 Å². The Balaban J connectivity index is 1.94. The van der Waals surface area contributed by atoms with Crippen molar-refractivity contribution in [3.05, 3.63) is 65.3 Å². The van der Waals surface area contributed by atoms with E-state index in [9.17, 15) is 4.79 Å². The fourth-order valence-corrected chi connectivity index (χ4v) is 3.38. The lowest BCUT2D eigenvalue weighted by Gasteiger charge is -2.27. The van der Waals surface area contributed by atoms with Crippen molar-refractivity contribution < 1.29 is 9.53 Å². The molecule has 27 heavy (non-hydrogen) atoms. The highest BCUT2D eigenvalue weighted by Gasteiger charge is 2.21. The van der Waals surface area contributed by atoms with Gasteiger partial charge in [0, 0.05) is 19.5 Å². The van der Waals surface area contributed by atoms with Crippen LogP contribution in [-0.4, -0.2) is 46.7 Å². The van der Waals surface area contributed by atoms with Crippen molar-refractivity contribution in [1.29, 1.82) is 0 Å². The smallest absolute Gasteiger partial charge is 0.242 e. The molecule has 0 spiro atoms. The molecule has 1 amide bonds. The Bertz CT molecular complexity index is 845. The summed E-state index contributed by atoms with van der Waals surface area (Å²) in [6.07, 6.45) is 6.40. The van der Waals surface area contributed by atoms with E-state index in [4.69, 9.17) is 9.72 Å². The molecule has 0 bridgehead atoms. The molecule has 0 saturated carbocycles. The summed E-state index contributed by atoms with van der Waals surface area (Å²) in [5.74, 6) is 0.979. The Morgan fingerprint density at radius 2 is 2.11 bits per heavy atom. The minimum Gasteiger partial charge on any atom is -0.378 e. The van der Waals surface area contributed by atoms with E-state index in [0.29, 0.717) is 32.7 Å². The van der Waals surface area contributed by atoms with Gasteiger partial charge in [0.15, 0.2) is 0 Å². The van der Waals surface area contributed by atoms with Gasteiger partial charge in [0.05, 0.1) is 24.6 Å². The summed E-state index contributed by atoms with van der Waals surface area (Å²) < 4.78 is 7.39. The van der Waals surface area contributed by atoms with Gasteiger partial charge in [0.25, 0.3) is 0 Å². The number of hydrogen-bond donors (Lipinski definition) is 0. The van der Waals surface area contributed by atoms with Gasteiger partial charge < -0.3 is 14.2 Å². The first-order valence-electron chi connectivity index (χ1n) is 9.38. The van der Waals surface area contributed by atoms with Crippen LogP contribution in [0.3, 0.4) is 0 Å². The fraction of sp³-hybridized carbons (Fsp3) is 0.364. The molecule has 0 unspecified atom stereocenters. The summed E-state index contributed by atoms with van der Waals surface area (Å²) in [6, 6.07) is 8.39. The van der Waals surface area contributed by atoms with Crippen LogP contribution in [0.25, 0.3) is 12.2 Å². The third-order valence-corrected chi connectivity index (χ3v) is 4.73. The summed E-state index contributed by atoms with van der Waals surface area (Å²) in [5.41, 5.74) is 4.14. The van der Waals surface area contributed by atoms with Crippen molar-refractivity contribution in [2.75, 3.05) is 26.3 Å². The SMILES string of the molecule is C=Cc1nc(Cc2cccc(C)c2)n(CC(=O)N2CCOCC2)c1/C=C\C. The number of aromatic nitrogens is 2. The largest absolute Gasteiger partial charge is 0.378 e. The highest BCUT2D eigenvalue weighted by Crippen LogP contribution is 2.19. The second-order valence-corrected chi connectivity index (χ2v) is 6.75. The highest BCUT2D eigenvalue weighted by atomic mass is 16.5. The summed E-state index contributed by atoms with van der Waals surface area (Å²) >= 11 is 0. The summed E-state index contributed by atoms with van der Waals surface area (Å²) in [6.45, 7) is 10.7. The van der Waals surface area contributed by atoms with Gasteiger partial charge in [-0.25, -0.2) is 4.98 Å². The molecule has 0 atom stereocenters. The predicted molar refractivity (Wildman–Crippen MR) is 108 cm³/mol. The Morgan fingerprint density at radius 3 is 2.78 bits per heavy atom. The van der Waals surface area contributed by atoms with E-state index in [1.807, 2.05) is 28.5 Å². The molecule has 1 saturated heterocycles. The van der Waals surface area contributed by atoms with Gasteiger partial charge >= 0.3 is 0 Å². The lowest BCUT2D eigenvalue weighted by atomic mass is 10.1. The number of rotatable bonds is 6. The minimum atomic E-state index is 0.0996. The number of allylic oxidation sites excluding steroid dienone is 1. The van der Waals surface area contributed by atoms with Crippen LogP contribution in [0.2, 0.25) is 0 Å². The number of ether oxygens (including phenoxy) is 1. The van der Waals surface area contributed by atoms with E-state index in [0.717, 1.165) is 17.2 Å². The summed E-state index contributed by atoms with van der Waals surface area (Å²) in [7, 11) is 0. The van der Waals surface area contributed by atoms with E-state index in [1.54, 1.807) is 6.08 Å². The molecule has 5 heteroatoms. The van der Waals surface area contributed by atoms with Gasteiger partial charge in [-0.05, 0) is 31.6 Å². The van der Waals surface area contributed by atoms with Crippen LogP contribution in [-0.2, 0) is 22.5 Å². The van der Waals surface area contributed by atoms with Crippen molar-refractivity contribution in [1.82, 2.24) is 14.5 Å². The number of amides is 1. The first-order chi connectivity index (χ1) is 13.1. The Labute approximate surface area is 161 Å². The Kier molecular flexibility index (Phi) is 6.24. The van der Waals surface area contributed by atoms with Crippen molar-refractivity contribution in [3.8, 4) is 0 Å². The molecule has 1 aromatic heterocycles. The van der Waals surface area contributed by atoms with E-state index >= 15 is 0 Å². The number of morpholine rings is 1. The third kappa shape index (κ3) is 4.55. The molecule has 1 aliphatic rings.